The molecule has 1 atom stereocenters. The molecular weight excluding hydrogens is 216 g/mol. The van der Waals surface area contributed by atoms with Crippen LogP contribution < -0.4 is 5.32 Å². The fourth-order valence-electron chi connectivity index (χ4n) is 2.11. The van der Waals surface area contributed by atoms with Crippen molar-refractivity contribution in [1.82, 2.24) is 4.90 Å². The van der Waals surface area contributed by atoms with Crippen molar-refractivity contribution >= 4 is 11.7 Å². The Hall–Kier alpha value is -1.55. The van der Waals surface area contributed by atoms with Crippen molar-refractivity contribution in [3.8, 4) is 0 Å². The average molecular weight is 234 g/mol. The van der Waals surface area contributed by atoms with Crippen LogP contribution in [0.3, 0.4) is 0 Å². The quantitative estimate of drug-likeness (QED) is 0.806. The zero-order chi connectivity index (χ0) is 12.3. The Bertz CT molecular complexity index is 389. The summed E-state index contributed by atoms with van der Waals surface area (Å²) in [7, 11) is 3.52. The van der Waals surface area contributed by atoms with Crippen LogP contribution in [-0.4, -0.2) is 44.2 Å². The van der Waals surface area contributed by atoms with E-state index in [2.05, 4.69) is 22.0 Å². The smallest absolute Gasteiger partial charge is 0.337 e. The van der Waals surface area contributed by atoms with Crippen LogP contribution in [0.15, 0.2) is 24.3 Å². The van der Waals surface area contributed by atoms with E-state index in [4.69, 9.17) is 0 Å². The van der Waals surface area contributed by atoms with Crippen LogP contribution >= 0.6 is 0 Å². The third-order valence-corrected chi connectivity index (χ3v) is 3.07. The molecule has 0 bridgehead atoms. The number of likely N-dealkylation sites (tertiary alicyclic amines) is 1. The minimum Gasteiger partial charge on any atom is -0.465 e. The Morgan fingerprint density at radius 3 is 2.65 bits per heavy atom. The lowest BCUT2D eigenvalue weighted by atomic mass is 10.2. The summed E-state index contributed by atoms with van der Waals surface area (Å²) in [5.41, 5.74) is 1.64. The maximum absolute atomic E-state index is 11.3. The minimum absolute atomic E-state index is 0.294. The average Bonchev–Trinajstić information content (AvgIpc) is 2.75. The third kappa shape index (κ3) is 2.97. The highest BCUT2D eigenvalue weighted by atomic mass is 16.5. The number of carbonyl (C=O) groups excluding carboxylic acids is 1. The van der Waals surface area contributed by atoms with Crippen molar-refractivity contribution in [2.45, 2.75) is 12.5 Å². The number of esters is 1. The zero-order valence-corrected chi connectivity index (χ0v) is 10.3. The predicted molar refractivity (Wildman–Crippen MR) is 67.3 cm³/mol. The normalized spacial score (nSPS) is 20.2. The van der Waals surface area contributed by atoms with Gasteiger partial charge in [0.1, 0.15) is 0 Å². The van der Waals surface area contributed by atoms with Crippen LogP contribution in [0, 0.1) is 0 Å². The molecule has 1 N–H and O–H groups in total. The second-order valence-corrected chi connectivity index (χ2v) is 4.46. The van der Waals surface area contributed by atoms with E-state index in [0.29, 0.717) is 11.6 Å². The highest BCUT2D eigenvalue weighted by Gasteiger charge is 2.18. The standard InChI is InChI=1S/C13H18N2O2/c1-15-8-7-12(9-15)14-11-5-3-10(4-6-11)13(16)17-2/h3-6,12,14H,7-9H2,1-2H3. The summed E-state index contributed by atoms with van der Waals surface area (Å²) >= 11 is 0. The number of rotatable bonds is 3. The first-order chi connectivity index (χ1) is 8.19. The molecule has 1 aromatic carbocycles. The van der Waals surface area contributed by atoms with Crippen molar-refractivity contribution in [1.29, 1.82) is 0 Å². The molecule has 0 radical (unpaired) electrons. The molecule has 1 aliphatic heterocycles. The summed E-state index contributed by atoms with van der Waals surface area (Å²) in [4.78, 5) is 13.6. The van der Waals surface area contributed by atoms with Crippen LogP contribution in [0.25, 0.3) is 0 Å². The van der Waals surface area contributed by atoms with Crippen LogP contribution in [0.2, 0.25) is 0 Å². The molecule has 1 fully saturated rings. The first-order valence-corrected chi connectivity index (χ1v) is 5.82. The lowest BCUT2D eigenvalue weighted by molar-refractivity contribution is 0.0601. The molecule has 1 unspecified atom stereocenters. The third-order valence-electron chi connectivity index (χ3n) is 3.07. The Morgan fingerprint density at radius 1 is 1.41 bits per heavy atom. The van der Waals surface area contributed by atoms with E-state index in [0.717, 1.165) is 25.2 Å². The van der Waals surface area contributed by atoms with E-state index >= 15 is 0 Å². The molecule has 0 aromatic heterocycles. The maximum Gasteiger partial charge on any atom is 0.337 e. The van der Waals surface area contributed by atoms with Gasteiger partial charge in [0.25, 0.3) is 0 Å². The molecule has 1 aliphatic rings. The van der Waals surface area contributed by atoms with Crippen molar-refractivity contribution in [3.05, 3.63) is 29.8 Å². The fourth-order valence-corrected chi connectivity index (χ4v) is 2.11. The van der Waals surface area contributed by atoms with Gasteiger partial charge in [0.05, 0.1) is 12.7 Å². The van der Waals surface area contributed by atoms with Gasteiger partial charge < -0.3 is 15.0 Å². The zero-order valence-electron chi connectivity index (χ0n) is 10.3. The minimum atomic E-state index is -0.294. The predicted octanol–water partition coefficient (Wildman–Crippen LogP) is 1.59. The van der Waals surface area contributed by atoms with E-state index in [-0.39, 0.29) is 5.97 Å². The maximum atomic E-state index is 11.3. The van der Waals surface area contributed by atoms with Gasteiger partial charge >= 0.3 is 5.97 Å². The lowest BCUT2D eigenvalue weighted by Crippen LogP contribution is -2.23. The summed E-state index contributed by atoms with van der Waals surface area (Å²) in [6, 6.07) is 7.92. The molecular formula is C13H18N2O2. The van der Waals surface area contributed by atoms with E-state index in [9.17, 15) is 4.79 Å². The molecule has 1 heterocycles. The van der Waals surface area contributed by atoms with Gasteiger partial charge in [0, 0.05) is 18.3 Å². The summed E-state index contributed by atoms with van der Waals surface area (Å²) in [5, 5.41) is 3.46. The molecule has 17 heavy (non-hydrogen) atoms. The highest BCUT2D eigenvalue weighted by molar-refractivity contribution is 5.89. The SMILES string of the molecule is COC(=O)c1ccc(NC2CCN(C)C2)cc1. The van der Waals surface area contributed by atoms with Crippen molar-refractivity contribution in [3.63, 3.8) is 0 Å². The summed E-state index contributed by atoms with van der Waals surface area (Å²) in [5.74, 6) is -0.294. The van der Waals surface area contributed by atoms with E-state index < -0.39 is 0 Å². The molecule has 1 aromatic rings. The van der Waals surface area contributed by atoms with Crippen LogP contribution in [0.5, 0.6) is 0 Å². The highest BCUT2D eigenvalue weighted by Crippen LogP contribution is 2.15. The number of carbonyl (C=O) groups is 1. The first-order valence-electron chi connectivity index (χ1n) is 5.82. The lowest BCUT2D eigenvalue weighted by Gasteiger charge is -2.14. The number of hydrogen-bond acceptors (Lipinski definition) is 4. The molecule has 2 rings (SSSR count). The largest absolute Gasteiger partial charge is 0.465 e. The van der Waals surface area contributed by atoms with Gasteiger partial charge in [-0.2, -0.15) is 0 Å². The topological polar surface area (TPSA) is 41.6 Å². The molecule has 1 saturated heterocycles. The van der Waals surface area contributed by atoms with Gasteiger partial charge in [-0.3, -0.25) is 0 Å². The van der Waals surface area contributed by atoms with Crippen LogP contribution in [0.1, 0.15) is 16.8 Å². The number of methoxy groups -OCH3 is 1. The molecule has 92 valence electrons. The van der Waals surface area contributed by atoms with Gasteiger partial charge in [-0.25, -0.2) is 4.79 Å². The van der Waals surface area contributed by atoms with Gasteiger partial charge in [0.15, 0.2) is 0 Å². The van der Waals surface area contributed by atoms with Gasteiger partial charge in [-0.15, -0.1) is 0 Å². The van der Waals surface area contributed by atoms with Crippen molar-refractivity contribution < 1.29 is 9.53 Å². The molecule has 0 aliphatic carbocycles. The monoisotopic (exact) mass is 234 g/mol. The second kappa shape index (κ2) is 5.19. The van der Waals surface area contributed by atoms with Crippen LogP contribution in [-0.2, 0) is 4.74 Å². The number of hydrogen-bond donors (Lipinski definition) is 1. The summed E-state index contributed by atoms with van der Waals surface area (Å²) < 4.78 is 4.66. The molecule has 4 nitrogen and oxygen atoms in total. The van der Waals surface area contributed by atoms with Gasteiger partial charge in [-0.1, -0.05) is 0 Å². The van der Waals surface area contributed by atoms with Gasteiger partial charge in [-0.05, 0) is 44.3 Å². The summed E-state index contributed by atoms with van der Waals surface area (Å²) in [6.45, 7) is 2.21. The molecule has 0 amide bonds. The number of nitrogens with zero attached hydrogens (tertiary/aromatic N) is 1. The number of anilines is 1. The Balaban J connectivity index is 1.96. The van der Waals surface area contributed by atoms with E-state index in [1.165, 1.54) is 7.11 Å². The Labute approximate surface area is 102 Å². The van der Waals surface area contributed by atoms with E-state index in [1.807, 2.05) is 12.1 Å². The Morgan fingerprint density at radius 2 is 2.12 bits per heavy atom. The van der Waals surface area contributed by atoms with Crippen LogP contribution in [0.4, 0.5) is 5.69 Å². The number of nitrogens with one attached hydrogen (secondary N) is 1. The molecule has 0 spiro atoms. The van der Waals surface area contributed by atoms with Crippen molar-refractivity contribution in [2.24, 2.45) is 0 Å². The number of likely N-dealkylation sites (N-methyl/N-ethyl adjacent to an activating group) is 1. The molecule has 0 saturated carbocycles. The van der Waals surface area contributed by atoms with Gasteiger partial charge in [0.2, 0.25) is 0 Å². The molecule has 4 heteroatoms. The number of benzene rings is 1. The second-order valence-electron chi connectivity index (χ2n) is 4.46. The number of ether oxygens (including phenoxy) is 1. The van der Waals surface area contributed by atoms with Crippen molar-refractivity contribution in [2.75, 3.05) is 32.6 Å². The fraction of sp³-hybridized carbons (Fsp3) is 0.462. The summed E-state index contributed by atoms with van der Waals surface area (Å²) in [6.07, 6.45) is 1.16. The first kappa shape index (κ1) is 11.9. The van der Waals surface area contributed by atoms with E-state index in [1.54, 1.807) is 12.1 Å². The Kier molecular flexibility index (Phi) is 3.64.